The van der Waals surface area contributed by atoms with E-state index in [0.29, 0.717) is 22.3 Å². The molecule has 2 aliphatic carbocycles. The summed E-state index contributed by atoms with van der Waals surface area (Å²) in [6.45, 7) is 32.8. The van der Waals surface area contributed by atoms with Crippen molar-refractivity contribution in [1.29, 1.82) is 0 Å². The molecule has 2 saturated carbocycles. The Bertz CT molecular complexity index is 1110. The number of rotatable bonds is 4. The Morgan fingerprint density at radius 1 is 0.846 bits per heavy atom. The molecular weight excluding hydrogens is 536 g/mol. The molecule has 1 heterocycles. The molecule has 0 radical (unpaired) electrons. The smallest absolute Gasteiger partial charge is 0.250 e. The molecule has 2 fully saturated rings. The lowest BCUT2D eigenvalue weighted by Crippen LogP contribution is -2.61. The fourth-order valence-electron chi connectivity index (χ4n) is 7.55. The van der Waals surface area contributed by atoms with Gasteiger partial charge in [-0.2, -0.15) is 0 Å². The van der Waals surface area contributed by atoms with E-state index in [1.165, 1.54) is 25.7 Å². The van der Waals surface area contributed by atoms with Crippen LogP contribution < -0.4 is 13.6 Å². The molecule has 0 bridgehead atoms. The van der Waals surface area contributed by atoms with Crippen LogP contribution >= 0.6 is 11.6 Å². The minimum Gasteiger partial charge on any atom is -0.541 e. The molecule has 0 saturated heterocycles. The van der Waals surface area contributed by atoms with Crippen molar-refractivity contribution in [2.45, 2.75) is 150 Å². The topological polar surface area (TPSA) is 27.7 Å². The van der Waals surface area contributed by atoms with Gasteiger partial charge < -0.3 is 13.6 Å². The predicted molar refractivity (Wildman–Crippen MR) is 172 cm³/mol. The zero-order valence-electron chi connectivity index (χ0n) is 27.6. The molecule has 3 nitrogen and oxygen atoms in total. The second-order valence-corrected chi connectivity index (χ2v) is 27.2. The van der Waals surface area contributed by atoms with Gasteiger partial charge in [-0.25, -0.2) is 0 Å². The van der Waals surface area contributed by atoms with Crippen molar-refractivity contribution in [1.82, 2.24) is 0 Å². The molecule has 6 heteroatoms. The number of fused-ring (bicyclic) bond motifs is 4. The third-order valence-corrected chi connectivity index (χ3v) is 21.1. The molecule has 0 spiro atoms. The van der Waals surface area contributed by atoms with Crippen LogP contribution in [0.5, 0.6) is 17.2 Å². The standard InChI is InChI=1S/C33H57ClO3Si2/c1-29(2,3)38(11,12)36-24-21-23-22(27(34)28(24)37-39(13,14)30(4,5)6)20-26-32(9)18-15-17-31(7,8)25(32)16-19-33(26,10)35-23/h21,25-26H,15-20H2,1-14H3/t25-,26+,32-,33+/m0/s1. The van der Waals surface area contributed by atoms with E-state index in [2.05, 4.69) is 101 Å². The first kappa shape index (κ1) is 31.3. The molecule has 1 aromatic carbocycles. The first-order valence-corrected chi connectivity index (χ1v) is 21.6. The summed E-state index contributed by atoms with van der Waals surface area (Å²) in [7, 11) is -4.33. The van der Waals surface area contributed by atoms with Gasteiger partial charge in [-0.1, -0.05) is 80.3 Å². The highest BCUT2D eigenvalue weighted by molar-refractivity contribution is 6.75. The van der Waals surface area contributed by atoms with E-state index in [9.17, 15) is 0 Å². The highest BCUT2D eigenvalue weighted by Gasteiger charge is 2.61. The molecule has 1 aliphatic heterocycles. The molecule has 3 aliphatic rings. The van der Waals surface area contributed by atoms with Crippen LogP contribution in [-0.2, 0) is 6.42 Å². The number of halogens is 1. The summed E-state index contributed by atoms with van der Waals surface area (Å²) in [5.74, 6) is 3.58. The van der Waals surface area contributed by atoms with Crippen LogP contribution in [0.1, 0.15) is 107 Å². The van der Waals surface area contributed by atoms with Gasteiger partial charge in [-0.05, 0) is 92.0 Å². The molecule has 39 heavy (non-hydrogen) atoms. The quantitative estimate of drug-likeness (QED) is 0.325. The molecular formula is C33H57ClO3Si2. The summed E-state index contributed by atoms with van der Waals surface area (Å²) in [5.41, 5.74) is 1.55. The Hall–Kier alpha value is -0.656. The van der Waals surface area contributed by atoms with Crippen LogP contribution in [0.3, 0.4) is 0 Å². The summed E-state index contributed by atoms with van der Waals surface area (Å²) in [6, 6.07) is 2.14. The average molecular weight is 593 g/mol. The van der Waals surface area contributed by atoms with Gasteiger partial charge in [-0.3, -0.25) is 0 Å². The van der Waals surface area contributed by atoms with Gasteiger partial charge in [-0.15, -0.1) is 0 Å². The summed E-state index contributed by atoms with van der Waals surface area (Å²) < 4.78 is 21.1. The van der Waals surface area contributed by atoms with Gasteiger partial charge in [0.1, 0.15) is 11.4 Å². The van der Waals surface area contributed by atoms with Gasteiger partial charge in [0.25, 0.3) is 16.6 Å². The lowest BCUT2D eigenvalue weighted by molar-refractivity contribution is -0.162. The van der Waals surface area contributed by atoms with Crippen LogP contribution in [0.25, 0.3) is 0 Å². The van der Waals surface area contributed by atoms with Crippen molar-refractivity contribution >= 4 is 28.2 Å². The third kappa shape index (κ3) is 5.24. The van der Waals surface area contributed by atoms with Crippen molar-refractivity contribution in [2.75, 3.05) is 0 Å². The summed E-state index contributed by atoms with van der Waals surface area (Å²) in [5, 5.41) is 0.823. The highest BCUT2D eigenvalue weighted by Crippen LogP contribution is 2.65. The van der Waals surface area contributed by atoms with Crippen molar-refractivity contribution < 1.29 is 13.6 Å². The van der Waals surface area contributed by atoms with Crippen molar-refractivity contribution in [2.24, 2.45) is 22.7 Å². The monoisotopic (exact) mass is 592 g/mol. The van der Waals surface area contributed by atoms with E-state index in [0.717, 1.165) is 35.7 Å². The summed E-state index contributed by atoms with van der Waals surface area (Å²) in [6.07, 6.45) is 7.18. The molecule has 0 N–H and O–H groups in total. The average Bonchev–Trinajstić information content (AvgIpc) is 2.73. The SMILES string of the molecule is CC1(C)CCC[C@]2(C)[C@H]3Cc4c(cc(O[Si](C)(C)C(C)(C)C)c(O[Si](C)(C)C(C)(C)C)c4Cl)O[C@]3(C)CC[C@@H]12. The van der Waals surface area contributed by atoms with Crippen molar-refractivity contribution in [3.8, 4) is 17.2 Å². The maximum atomic E-state index is 7.44. The van der Waals surface area contributed by atoms with Crippen LogP contribution in [0.2, 0.25) is 41.3 Å². The number of benzene rings is 1. The lowest BCUT2D eigenvalue weighted by atomic mass is 9.44. The number of ether oxygens (including phenoxy) is 1. The fraction of sp³-hybridized carbons (Fsp3) is 0.818. The highest BCUT2D eigenvalue weighted by atomic mass is 35.5. The largest absolute Gasteiger partial charge is 0.541 e. The van der Waals surface area contributed by atoms with Crippen molar-refractivity contribution in [3.05, 3.63) is 16.7 Å². The van der Waals surface area contributed by atoms with E-state index < -0.39 is 16.6 Å². The van der Waals surface area contributed by atoms with Crippen LogP contribution in [0.15, 0.2) is 6.07 Å². The van der Waals surface area contributed by atoms with Crippen molar-refractivity contribution in [3.63, 3.8) is 0 Å². The van der Waals surface area contributed by atoms with E-state index in [1.54, 1.807) is 0 Å². The van der Waals surface area contributed by atoms with Crippen LogP contribution in [0, 0.1) is 22.7 Å². The minimum atomic E-state index is -2.18. The molecule has 4 atom stereocenters. The molecule has 222 valence electrons. The van der Waals surface area contributed by atoms with Gasteiger partial charge >= 0.3 is 0 Å². The molecule has 0 aromatic heterocycles. The second kappa shape index (κ2) is 9.42. The van der Waals surface area contributed by atoms with Crippen LogP contribution in [0.4, 0.5) is 0 Å². The van der Waals surface area contributed by atoms with E-state index in [1.807, 2.05) is 0 Å². The Balaban J connectivity index is 1.85. The first-order chi connectivity index (χ1) is 17.5. The first-order valence-electron chi connectivity index (χ1n) is 15.4. The summed E-state index contributed by atoms with van der Waals surface area (Å²) in [4.78, 5) is 0. The Morgan fingerprint density at radius 2 is 1.41 bits per heavy atom. The zero-order valence-corrected chi connectivity index (χ0v) is 30.3. The molecule has 4 rings (SSSR count). The number of hydrogen-bond acceptors (Lipinski definition) is 3. The molecule has 1 aromatic rings. The fourth-order valence-corrected chi connectivity index (χ4v) is 9.94. The van der Waals surface area contributed by atoms with Gasteiger partial charge in [0.15, 0.2) is 11.5 Å². The van der Waals surface area contributed by atoms with Gasteiger partial charge in [0.05, 0.1) is 5.02 Å². The summed E-state index contributed by atoms with van der Waals surface area (Å²) >= 11 is 7.44. The van der Waals surface area contributed by atoms with Gasteiger partial charge in [0, 0.05) is 17.5 Å². The lowest BCUT2D eigenvalue weighted by Gasteiger charge is -2.63. The van der Waals surface area contributed by atoms with E-state index in [-0.39, 0.29) is 21.1 Å². The number of hydrogen-bond donors (Lipinski definition) is 0. The second-order valence-electron chi connectivity index (χ2n) is 17.3. The molecule has 0 unspecified atom stereocenters. The van der Waals surface area contributed by atoms with Gasteiger partial charge in [0.2, 0.25) is 0 Å². The minimum absolute atomic E-state index is 0.0489. The van der Waals surface area contributed by atoms with E-state index >= 15 is 0 Å². The Kier molecular flexibility index (Phi) is 7.56. The molecule has 0 amide bonds. The van der Waals surface area contributed by atoms with E-state index in [4.69, 9.17) is 25.2 Å². The van der Waals surface area contributed by atoms with Crippen LogP contribution in [-0.4, -0.2) is 22.2 Å². The zero-order chi connectivity index (χ0) is 29.6. The third-order valence-electron chi connectivity index (χ3n) is 12.1. The maximum Gasteiger partial charge on any atom is 0.250 e. The predicted octanol–water partition coefficient (Wildman–Crippen LogP) is 11.0. The Labute approximate surface area is 247 Å². The maximum absolute atomic E-state index is 7.44. The normalized spacial score (nSPS) is 30.9. The Morgan fingerprint density at radius 3 is 1.97 bits per heavy atom.